The molecule has 3 aromatic carbocycles. The van der Waals surface area contributed by atoms with E-state index in [9.17, 15) is 0 Å². The zero-order valence-corrected chi connectivity index (χ0v) is 19.4. The van der Waals surface area contributed by atoms with E-state index in [-0.39, 0.29) is 0 Å². The second-order valence-electron chi connectivity index (χ2n) is 7.44. The highest BCUT2D eigenvalue weighted by Crippen LogP contribution is 2.23. The summed E-state index contributed by atoms with van der Waals surface area (Å²) in [5, 5.41) is 4.93. The number of para-hydroxylation sites is 1. The van der Waals surface area contributed by atoms with Gasteiger partial charge >= 0.3 is 5.82 Å². The molecule has 0 amide bonds. The van der Waals surface area contributed by atoms with Gasteiger partial charge in [0.1, 0.15) is 17.1 Å². The van der Waals surface area contributed by atoms with Gasteiger partial charge in [0.15, 0.2) is 0 Å². The highest BCUT2D eigenvalue weighted by atomic mass is 35.7. The largest absolute Gasteiger partial charge is 0.497 e. The Balaban J connectivity index is 0.000000555. The topological polar surface area (TPSA) is 123 Å². The molecule has 0 atom stereocenters. The molecule has 1 heterocycles. The van der Waals surface area contributed by atoms with Crippen LogP contribution in [0.15, 0.2) is 73.1 Å². The van der Waals surface area contributed by atoms with Gasteiger partial charge in [0, 0.05) is 0 Å². The number of aromatic nitrogens is 3. The first-order valence-corrected chi connectivity index (χ1v) is 11.2. The lowest BCUT2D eigenvalue weighted by atomic mass is 10.0. The number of nitrogens with zero attached hydrogens (tertiary/aromatic N) is 3. The van der Waals surface area contributed by atoms with Gasteiger partial charge < -0.3 is 4.74 Å². The predicted molar refractivity (Wildman–Crippen MR) is 111 cm³/mol. The second kappa shape index (κ2) is 10.1. The van der Waals surface area contributed by atoms with Crippen molar-refractivity contribution in [2.45, 2.75) is 20.8 Å². The average Bonchev–Trinajstić information content (AvgIpc) is 3.17. The van der Waals surface area contributed by atoms with Gasteiger partial charge in [0.25, 0.3) is 0 Å². The molecule has 4 rings (SSSR count). The highest BCUT2D eigenvalue weighted by molar-refractivity contribution is 5.55. The third kappa shape index (κ3) is 6.38. The lowest BCUT2D eigenvalue weighted by Crippen LogP contribution is -2.68. The molecule has 9 heteroatoms. The van der Waals surface area contributed by atoms with Gasteiger partial charge in [-0.2, -0.15) is 4.57 Å². The Kier molecular flexibility index (Phi) is 7.47. The monoisotopic (exact) mass is 469 g/mol. The van der Waals surface area contributed by atoms with Gasteiger partial charge in [-0.1, -0.05) is 40.6 Å². The second-order valence-corrected chi connectivity index (χ2v) is 8.20. The van der Waals surface area contributed by atoms with Gasteiger partial charge in [-0.25, -0.2) is 18.6 Å². The first-order valence-electron chi connectivity index (χ1n) is 9.98. The minimum Gasteiger partial charge on any atom is -0.497 e. The van der Waals surface area contributed by atoms with Crippen LogP contribution in [0.25, 0.3) is 22.8 Å². The molecule has 0 aliphatic heterocycles. The molecule has 4 aromatic rings. The van der Waals surface area contributed by atoms with E-state index in [0.717, 1.165) is 22.8 Å². The number of methoxy groups -OCH3 is 1. The van der Waals surface area contributed by atoms with E-state index < -0.39 is 10.2 Å². The summed E-state index contributed by atoms with van der Waals surface area (Å²) in [5.74, 6) is 1.72. The molecule has 0 aliphatic rings. The van der Waals surface area contributed by atoms with Crippen molar-refractivity contribution >= 4 is 0 Å². The van der Waals surface area contributed by atoms with Crippen LogP contribution in [0, 0.1) is 31.0 Å². The first-order chi connectivity index (χ1) is 15.6. The quantitative estimate of drug-likeness (QED) is 0.387. The van der Waals surface area contributed by atoms with Crippen LogP contribution in [0.3, 0.4) is 0 Å². The summed E-state index contributed by atoms with van der Waals surface area (Å²) < 4.78 is 43.4. The van der Waals surface area contributed by atoms with Gasteiger partial charge in [0.05, 0.1) is 17.8 Å². The van der Waals surface area contributed by atoms with Crippen LogP contribution >= 0.6 is 0 Å². The Bertz CT molecular complexity index is 1190. The third-order valence-electron chi connectivity index (χ3n) is 4.90. The summed E-state index contributed by atoms with van der Waals surface area (Å²) in [5.41, 5.74) is 6.95. The normalized spacial score (nSPS) is 11.0. The number of hydrogen-bond donors (Lipinski definition) is 0. The molecule has 0 aliphatic carbocycles. The van der Waals surface area contributed by atoms with Crippen LogP contribution in [0.4, 0.5) is 0 Å². The van der Waals surface area contributed by atoms with Crippen LogP contribution < -0.4 is 27.9 Å². The summed E-state index contributed by atoms with van der Waals surface area (Å²) in [4.78, 5) is 0. The molecular formula is C24H24ClN3O5. The van der Waals surface area contributed by atoms with E-state index in [1.807, 2.05) is 47.1 Å². The minimum atomic E-state index is -4.94. The van der Waals surface area contributed by atoms with Gasteiger partial charge in [-0.15, -0.1) is 10.2 Å². The zero-order valence-electron chi connectivity index (χ0n) is 18.7. The van der Waals surface area contributed by atoms with Crippen molar-refractivity contribution in [3.63, 3.8) is 0 Å². The molecule has 172 valence electrons. The van der Waals surface area contributed by atoms with Crippen molar-refractivity contribution in [2.75, 3.05) is 7.11 Å². The maximum Gasteiger partial charge on any atom is 0.314 e. The molecule has 0 bridgehead atoms. The molecule has 0 saturated heterocycles. The number of hydrogen-bond acceptors (Lipinski definition) is 6. The molecule has 0 radical (unpaired) electrons. The molecule has 0 unspecified atom stereocenters. The number of halogens is 1. The minimum absolute atomic E-state index is 0.834. The van der Waals surface area contributed by atoms with E-state index in [1.54, 1.807) is 7.11 Å². The lowest BCUT2D eigenvalue weighted by molar-refractivity contribution is -2.00. The number of benzene rings is 3. The molecule has 1 aromatic heterocycles. The van der Waals surface area contributed by atoms with Crippen molar-refractivity contribution in [3.8, 4) is 28.5 Å². The van der Waals surface area contributed by atoms with Crippen molar-refractivity contribution < 1.29 is 38.2 Å². The van der Waals surface area contributed by atoms with Crippen molar-refractivity contribution in [1.82, 2.24) is 9.78 Å². The van der Waals surface area contributed by atoms with Crippen LogP contribution in [0.2, 0.25) is 0 Å². The number of aryl methyl sites for hydroxylation is 3. The fourth-order valence-electron chi connectivity index (χ4n) is 3.70. The lowest BCUT2D eigenvalue weighted by Gasteiger charge is -2.17. The SMILES string of the molecule is COc1ccc(-c2nn(-c3ccccc3)c[n+]2-c2c(C)cc(C)cc2C)cc1.[O-][Cl+3]([O-])([O-])[O-]. The molecule has 8 nitrogen and oxygen atoms in total. The Morgan fingerprint density at radius 1 is 0.848 bits per heavy atom. The smallest absolute Gasteiger partial charge is 0.314 e. The Hall–Kier alpha value is -3.27. The first kappa shape index (κ1) is 24.4. The molecule has 33 heavy (non-hydrogen) atoms. The third-order valence-corrected chi connectivity index (χ3v) is 4.90. The summed E-state index contributed by atoms with van der Waals surface area (Å²) >= 11 is 0. The summed E-state index contributed by atoms with van der Waals surface area (Å²) in [6.45, 7) is 6.44. The molecule has 0 saturated carbocycles. The van der Waals surface area contributed by atoms with Crippen molar-refractivity contribution in [1.29, 1.82) is 0 Å². The van der Waals surface area contributed by atoms with Gasteiger partial charge in [-0.05, 0) is 68.3 Å². The van der Waals surface area contributed by atoms with Crippen molar-refractivity contribution in [3.05, 3.63) is 89.7 Å². The summed E-state index contributed by atoms with van der Waals surface area (Å²) in [6.07, 6.45) is 2.06. The van der Waals surface area contributed by atoms with Crippen LogP contribution in [-0.2, 0) is 0 Å². The average molecular weight is 470 g/mol. The van der Waals surface area contributed by atoms with Crippen LogP contribution in [0.1, 0.15) is 16.7 Å². The van der Waals surface area contributed by atoms with E-state index >= 15 is 0 Å². The maximum atomic E-state index is 8.49. The number of rotatable bonds is 4. The van der Waals surface area contributed by atoms with Crippen LogP contribution in [0.5, 0.6) is 5.75 Å². The van der Waals surface area contributed by atoms with Crippen LogP contribution in [-0.4, -0.2) is 16.9 Å². The van der Waals surface area contributed by atoms with E-state index in [0.29, 0.717) is 0 Å². The van der Waals surface area contributed by atoms with E-state index in [2.05, 4.69) is 55.9 Å². The standard InChI is InChI=1S/C24H24N3O.ClHO4/c1-17-14-18(2)23(19(3)15-17)26-16-27(21-8-6-5-7-9-21)25-24(26)20-10-12-22(28-4)13-11-20;2-1(3,4)5/h5-16H,1-4H3;(H,2,3,4,5)/q+1;/p-1. The number of ether oxygens (including phenoxy) is 1. The molecule has 0 N–H and O–H groups in total. The highest BCUT2D eigenvalue weighted by Gasteiger charge is 2.24. The van der Waals surface area contributed by atoms with Gasteiger partial charge in [-0.3, -0.25) is 0 Å². The Morgan fingerprint density at radius 3 is 1.91 bits per heavy atom. The van der Waals surface area contributed by atoms with Gasteiger partial charge in [0.2, 0.25) is 6.33 Å². The molecular weight excluding hydrogens is 446 g/mol. The molecule has 0 spiro atoms. The Morgan fingerprint density at radius 2 is 1.39 bits per heavy atom. The zero-order chi connectivity index (χ0) is 24.2. The maximum absolute atomic E-state index is 8.49. The summed E-state index contributed by atoms with van der Waals surface area (Å²) in [6, 6.07) is 22.6. The molecule has 0 fully saturated rings. The predicted octanol–water partition coefficient (Wildman–Crippen LogP) is -0.00614. The van der Waals surface area contributed by atoms with E-state index in [4.69, 9.17) is 28.5 Å². The fourth-order valence-corrected chi connectivity index (χ4v) is 3.70. The fraction of sp³-hybridized carbons (Fsp3) is 0.167. The summed E-state index contributed by atoms with van der Waals surface area (Å²) in [7, 11) is -3.27. The van der Waals surface area contributed by atoms with E-state index in [1.165, 1.54) is 22.4 Å². The Labute approximate surface area is 194 Å². The van der Waals surface area contributed by atoms with Crippen molar-refractivity contribution in [2.24, 2.45) is 0 Å².